The van der Waals surface area contributed by atoms with Gasteiger partial charge >= 0.3 is 12.1 Å². The summed E-state index contributed by atoms with van der Waals surface area (Å²) in [7, 11) is 1.54. The molecule has 178 valence electrons. The Labute approximate surface area is 194 Å². The van der Waals surface area contributed by atoms with Gasteiger partial charge in [0.15, 0.2) is 0 Å². The van der Waals surface area contributed by atoms with Crippen LogP contribution in [0.1, 0.15) is 44.3 Å². The highest BCUT2D eigenvalue weighted by Gasteiger charge is 2.23. The largest absolute Gasteiger partial charge is 0.464 e. The number of nitrogens with two attached hydrogens (primary N) is 1. The van der Waals surface area contributed by atoms with E-state index in [0.29, 0.717) is 31.0 Å². The van der Waals surface area contributed by atoms with Crippen LogP contribution in [-0.4, -0.2) is 50.0 Å². The molecular formula is C24H32N4O5. The van der Waals surface area contributed by atoms with E-state index in [-0.39, 0.29) is 18.6 Å². The van der Waals surface area contributed by atoms with Gasteiger partial charge in [0.1, 0.15) is 12.6 Å². The minimum Gasteiger partial charge on any atom is -0.464 e. The summed E-state index contributed by atoms with van der Waals surface area (Å²) in [4.78, 5) is 29.2. The molecule has 1 aliphatic rings. The van der Waals surface area contributed by atoms with Crippen molar-refractivity contribution >= 4 is 23.4 Å². The van der Waals surface area contributed by atoms with Gasteiger partial charge < -0.3 is 25.3 Å². The highest BCUT2D eigenvalue weighted by molar-refractivity contribution is 5.90. The Bertz CT molecular complexity index is 952. The summed E-state index contributed by atoms with van der Waals surface area (Å²) in [5.74, 6) is -0.308. The molecule has 1 amide bonds. The van der Waals surface area contributed by atoms with Crippen molar-refractivity contribution in [1.29, 1.82) is 0 Å². The predicted octanol–water partition coefficient (Wildman–Crippen LogP) is 3.86. The molecule has 0 saturated heterocycles. The third kappa shape index (κ3) is 6.90. The summed E-state index contributed by atoms with van der Waals surface area (Å²) >= 11 is 0. The van der Waals surface area contributed by atoms with Gasteiger partial charge in [-0.2, -0.15) is 0 Å². The summed E-state index contributed by atoms with van der Waals surface area (Å²) in [6.45, 7) is 2.55. The Morgan fingerprint density at radius 2 is 1.97 bits per heavy atom. The van der Waals surface area contributed by atoms with Crippen LogP contribution < -0.4 is 16.4 Å². The molecule has 0 spiro atoms. The number of aromatic nitrogens is 1. The summed E-state index contributed by atoms with van der Waals surface area (Å²) < 4.78 is 15.3. The molecule has 9 heteroatoms. The fraction of sp³-hybridized carbons (Fsp3) is 0.458. The Balaban J connectivity index is 1.96. The van der Waals surface area contributed by atoms with Gasteiger partial charge in [-0.1, -0.05) is 18.9 Å². The lowest BCUT2D eigenvalue weighted by molar-refractivity contribution is -0.144. The van der Waals surface area contributed by atoms with Crippen LogP contribution in [0.25, 0.3) is 11.1 Å². The van der Waals surface area contributed by atoms with Crippen LogP contribution >= 0.6 is 0 Å². The second kappa shape index (κ2) is 12.2. The molecular weight excluding hydrogens is 424 g/mol. The van der Waals surface area contributed by atoms with E-state index in [1.165, 1.54) is 7.11 Å². The lowest BCUT2D eigenvalue weighted by Crippen LogP contribution is -2.32. The third-order valence-corrected chi connectivity index (χ3v) is 5.42. The number of rotatable bonds is 6. The summed E-state index contributed by atoms with van der Waals surface area (Å²) in [6, 6.07) is 8.61. The maximum absolute atomic E-state index is 12.7. The summed E-state index contributed by atoms with van der Waals surface area (Å²) in [6.07, 6.45) is 4.22. The number of carbonyl (C=O) groups excluding carboxylic acids is 2. The average molecular weight is 457 g/mol. The van der Waals surface area contributed by atoms with Gasteiger partial charge in [-0.3, -0.25) is 10.3 Å². The van der Waals surface area contributed by atoms with Crippen molar-refractivity contribution < 1.29 is 23.8 Å². The zero-order chi connectivity index (χ0) is 23.6. The molecule has 4 N–H and O–H groups in total. The quantitative estimate of drug-likeness (QED) is 0.442. The molecule has 2 bridgehead atoms. The SMILES string of the molecule is CCOC(=O)[C@@H]1CCCC[C@H](N)c2cc(ccn2)-c2ccc(NC(=O)OCCOC)cc2N1. The van der Waals surface area contributed by atoms with Crippen molar-refractivity contribution in [3.8, 4) is 11.1 Å². The number of hydrogen-bond acceptors (Lipinski definition) is 8. The average Bonchev–Trinajstić information content (AvgIpc) is 2.81. The van der Waals surface area contributed by atoms with Gasteiger partial charge in [-0.05, 0) is 49.6 Å². The number of anilines is 2. The Kier molecular flexibility index (Phi) is 9.03. The molecule has 1 aliphatic heterocycles. The first-order valence-electron chi connectivity index (χ1n) is 11.2. The molecule has 0 fully saturated rings. The molecule has 9 nitrogen and oxygen atoms in total. The smallest absolute Gasteiger partial charge is 0.411 e. The normalized spacial score (nSPS) is 18.0. The first-order chi connectivity index (χ1) is 16.0. The number of benzene rings is 1. The van der Waals surface area contributed by atoms with Crippen molar-refractivity contribution in [1.82, 2.24) is 4.98 Å². The number of pyridine rings is 1. The van der Waals surface area contributed by atoms with Crippen LogP contribution in [0.5, 0.6) is 0 Å². The van der Waals surface area contributed by atoms with Crippen LogP contribution in [0, 0.1) is 0 Å². The van der Waals surface area contributed by atoms with E-state index in [4.69, 9.17) is 19.9 Å². The second-order valence-electron chi connectivity index (χ2n) is 7.82. The number of hydrogen-bond donors (Lipinski definition) is 3. The van der Waals surface area contributed by atoms with E-state index in [0.717, 1.165) is 36.1 Å². The maximum Gasteiger partial charge on any atom is 0.411 e. The number of nitrogens with one attached hydrogen (secondary N) is 2. The van der Waals surface area contributed by atoms with E-state index in [9.17, 15) is 9.59 Å². The van der Waals surface area contributed by atoms with E-state index in [1.807, 2.05) is 18.2 Å². The van der Waals surface area contributed by atoms with Crippen LogP contribution in [0.4, 0.5) is 16.2 Å². The molecule has 33 heavy (non-hydrogen) atoms. The molecule has 1 aromatic carbocycles. The number of nitrogens with zero attached hydrogens (tertiary/aromatic N) is 1. The molecule has 2 heterocycles. The highest BCUT2D eigenvalue weighted by Crippen LogP contribution is 2.33. The van der Waals surface area contributed by atoms with Gasteiger partial charge in [0.2, 0.25) is 0 Å². The van der Waals surface area contributed by atoms with Gasteiger partial charge in [-0.15, -0.1) is 0 Å². The molecule has 0 aliphatic carbocycles. The zero-order valence-electron chi connectivity index (χ0n) is 19.1. The highest BCUT2D eigenvalue weighted by atomic mass is 16.6. The minimum absolute atomic E-state index is 0.149. The van der Waals surface area contributed by atoms with E-state index in [2.05, 4.69) is 15.6 Å². The topological polar surface area (TPSA) is 125 Å². The van der Waals surface area contributed by atoms with Crippen molar-refractivity contribution in [3.05, 3.63) is 42.2 Å². The minimum atomic E-state index is -0.584. The second-order valence-corrected chi connectivity index (χ2v) is 7.82. The van der Waals surface area contributed by atoms with Crippen molar-refractivity contribution in [3.63, 3.8) is 0 Å². The van der Waals surface area contributed by atoms with Gasteiger partial charge in [0, 0.05) is 36.3 Å². The standard InChI is InChI=1S/C24H32N4O5/c1-3-32-23(29)20-7-5-4-6-19(25)22-14-16(10-11-26-22)18-9-8-17(15-21(18)28-20)27-24(30)33-13-12-31-2/h8-11,14-15,19-20,28H,3-7,12-13,25H2,1-2H3,(H,27,30)/t19-,20-/m0/s1. The van der Waals surface area contributed by atoms with Crippen LogP contribution in [0.2, 0.25) is 0 Å². The Morgan fingerprint density at radius 3 is 2.76 bits per heavy atom. The molecule has 2 atom stereocenters. The van der Waals surface area contributed by atoms with E-state index in [1.54, 1.807) is 25.3 Å². The van der Waals surface area contributed by atoms with Crippen LogP contribution in [0.15, 0.2) is 36.5 Å². The van der Waals surface area contributed by atoms with Crippen LogP contribution in [-0.2, 0) is 19.0 Å². The van der Waals surface area contributed by atoms with Crippen molar-refractivity contribution in [2.24, 2.45) is 5.73 Å². The number of ether oxygens (including phenoxy) is 3. The van der Waals surface area contributed by atoms with Crippen molar-refractivity contribution in [2.75, 3.05) is 37.6 Å². The molecule has 1 aromatic heterocycles. The van der Waals surface area contributed by atoms with Gasteiger partial charge in [-0.25, -0.2) is 9.59 Å². The Hall–Kier alpha value is -3.17. The predicted molar refractivity (Wildman–Crippen MR) is 126 cm³/mol. The monoisotopic (exact) mass is 456 g/mol. The number of carbonyl (C=O) groups is 2. The fourth-order valence-corrected chi connectivity index (χ4v) is 3.72. The molecule has 3 rings (SSSR count). The van der Waals surface area contributed by atoms with Crippen molar-refractivity contribution in [2.45, 2.75) is 44.7 Å². The first kappa shape index (κ1) is 24.5. The number of methoxy groups -OCH3 is 1. The zero-order valence-corrected chi connectivity index (χ0v) is 19.1. The molecule has 0 saturated carbocycles. The number of amides is 1. The first-order valence-corrected chi connectivity index (χ1v) is 11.2. The third-order valence-electron chi connectivity index (χ3n) is 5.42. The van der Waals surface area contributed by atoms with E-state index >= 15 is 0 Å². The molecule has 0 unspecified atom stereocenters. The number of esters is 1. The number of fused-ring (bicyclic) bond motifs is 4. The summed E-state index contributed by atoms with van der Waals surface area (Å²) in [5, 5.41) is 6.06. The molecule has 2 aromatic rings. The van der Waals surface area contributed by atoms with Gasteiger partial charge in [0.25, 0.3) is 0 Å². The van der Waals surface area contributed by atoms with Gasteiger partial charge in [0.05, 0.1) is 18.9 Å². The fourth-order valence-electron chi connectivity index (χ4n) is 3.72. The van der Waals surface area contributed by atoms with E-state index < -0.39 is 12.1 Å². The molecule has 0 radical (unpaired) electrons. The Morgan fingerprint density at radius 1 is 1.15 bits per heavy atom. The lowest BCUT2D eigenvalue weighted by atomic mass is 9.97. The summed E-state index contributed by atoms with van der Waals surface area (Å²) in [5.41, 5.74) is 10.2. The maximum atomic E-state index is 12.7. The van der Waals surface area contributed by atoms with Crippen LogP contribution in [0.3, 0.4) is 0 Å². The lowest BCUT2D eigenvalue weighted by Gasteiger charge is -2.23.